The molecule has 0 rings (SSSR count). The van der Waals surface area contributed by atoms with Crippen molar-refractivity contribution in [2.24, 2.45) is 0 Å². The standard InChI is InChI=1S/C4H10PSe/c1-3-5(6)4-2/h3-4H2,1-2H3/q+1. The van der Waals surface area contributed by atoms with E-state index in [1.807, 2.05) is 0 Å². The van der Waals surface area contributed by atoms with Gasteiger partial charge in [-0.3, -0.25) is 0 Å². The van der Waals surface area contributed by atoms with Crippen molar-refractivity contribution in [1.82, 2.24) is 0 Å². The molecule has 0 saturated heterocycles. The first kappa shape index (κ1) is 6.82. The molecule has 0 aromatic carbocycles. The van der Waals surface area contributed by atoms with Crippen LogP contribution in [0.5, 0.6) is 0 Å². The van der Waals surface area contributed by atoms with Crippen LogP contribution in [-0.4, -0.2) is 27.4 Å². The Labute approximate surface area is 48.0 Å². The monoisotopic (exact) mass is 169 g/mol. The van der Waals surface area contributed by atoms with Gasteiger partial charge in [-0.25, -0.2) is 0 Å². The van der Waals surface area contributed by atoms with Crippen molar-refractivity contribution in [3.8, 4) is 0 Å². The molecule has 36 valence electrons. The molecular weight excluding hydrogens is 158 g/mol. The van der Waals surface area contributed by atoms with Crippen LogP contribution in [-0.2, 0) is 0 Å². The van der Waals surface area contributed by atoms with Crippen LogP contribution in [0.15, 0.2) is 0 Å². The first-order valence-electron chi connectivity index (χ1n) is 2.23. The molecule has 0 aromatic rings. The van der Waals surface area contributed by atoms with Crippen molar-refractivity contribution in [1.29, 1.82) is 0 Å². The molecule has 0 unspecified atom stereocenters. The van der Waals surface area contributed by atoms with E-state index in [0.29, 0.717) is 6.17 Å². The Morgan fingerprint density at radius 2 is 1.67 bits per heavy atom. The van der Waals surface area contributed by atoms with Crippen LogP contribution in [0.4, 0.5) is 0 Å². The van der Waals surface area contributed by atoms with Crippen LogP contribution in [0.2, 0.25) is 0 Å². The summed E-state index contributed by atoms with van der Waals surface area (Å²) >= 11 is 3.14. The van der Waals surface area contributed by atoms with Gasteiger partial charge in [0.15, 0.2) is 0 Å². The Kier molecular flexibility index (Phi) is 4.54. The molecule has 0 spiro atoms. The molecule has 0 nitrogen and oxygen atoms in total. The summed E-state index contributed by atoms with van der Waals surface area (Å²) in [5.41, 5.74) is 0. The van der Waals surface area contributed by atoms with Gasteiger partial charge in [0.2, 0.25) is 0 Å². The summed E-state index contributed by atoms with van der Waals surface area (Å²) in [5.74, 6) is 0. The molecule has 2 heteroatoms. The predicted octanol–water partition coefficient (Wildman–Crippen LogP) is 1.59. The molecule has 0 radical (unpaired) electrons. The topological polar surface area (TPSA) is 0 Å². The van der Waals surface area contributed by atoms with Gasteiger partial charge in [0, 0.05) is 0 Å². The van der Waals surface area contributed by atoms with E-state index in [1.165, 1.54) is 12.3 Å². The van der Waals surface area contributed by atoms with E-state index in [4.69, 9.17) is 0 Å². The van der Waals surface area contributed by atoms with Gasteiger partial charge in [-0.2, -0.15) is 0 Å². The van der Waals surface area contributed by atoms with Gasteiger partial charge in [-0.05, 0) is 0 Å². The number of hydrogen-bond donors (Lipinski definition) is 0. The van der Waals surface area contributed by atoms with Crippen molar-refractivity contribution < 1.29 is 0 Å². The first-order chi connectivity index (χ1) is 2.81. The Bertz CT molecular complexity index is 45.5. The second-order valence-corrected chi connectivity index (χ2v) is 6.59. The molecule has 0 fully saturated rings. The molecule has 0 aliphatic rings. The third-order valence-electron chi connectivity index (χ3n) is 0.705. The Morgan fingerprint density at radius 1 is 1.33 bits per heavy atom. The Hall–Kier alpha value is 0.819. The zero-order valence-corrected chi connectivity index (χ0v) is 6.88. The predicted molar refractivity (Wildman–Crippen MR) is 33.8 cm³/mol. The quantitative estimate of drug-likeness (QED) is 0.433. The van der Waals surface area contributed by atoms with E-state index in [0.717, 1.165) is 0 Å². The average molecular weight is 168 g/mol. The van der Waals surface area contributed by atoms with Crippen molar-refractivity contribution in [2.75, 3.05) is 12.3 Å². The minimum atomic E-state index is 0.299. The maximum absolute atomic E-state index is 3.14. The molecule has 0 aliphatic heterocycles. The van der Waals surface area contributed by atoms with E-state index in [9.17, 15) is 0 Å². The van der Waals surface area contributed by atoms with Crippen LogP contribution >= 0.6 is 6.17 Å². The van der Waals surface area contributed by atoms with Gasteiger partial charge in [-0.1, -0.05) is 0 Å². The van der Waals surface area contributed by atoms with Crippen LogP contribution in [0.1, 0.15) is 13.8 Å². The van der Waals surface area contributed by atoms with Crippen LogP contribution < -0.4 is 0 Å². The number of rotatable bonds is 2. The molecule has 0 N–H and O–H groups in total. The first-order valence-corrected chi connectivity index (χ1v) is 6.16. The fourth-order valence-corrected chi connectivity index (χ4v) is 0.671. The summed E-state index contributed by atoms with van der Waals surface area (Å²) in [6.07, 6.45) is 2.98. The van der Waals surface area contributed by atoms with Crippen LogP contribution in [0, 0.1) is 0 Å². The van der Waals surface area contributed by atoms with E-state index in [1.54, 1.807) is 0 Å². The van der Waals surface area contributed by atoms with Gasteiger partial charge in [0.1, 0.15) is 0 Å². The van der Waals surface area contributed by atoms with E-state index in [-0.39, 0.29) is 0 Å². The molecule has 0 bridgehead atoms. The molecule has 0 aliphatic carbocycles. The second kappa shape index (κ2) is 3.99. The summed E-state index contributed by atoms with van der Waals surface area (Å²) < 4.78 is 0. The molecule has 0 atom stereocenters. The summed E-state index contributed by atoms with van der Waals surface area (Å²) in [6, 6.07) is 0. The van der Waals surface area contributed by atoms with Crippen LogP contribution in [0.3, 0.4) is 0 Å². The van der Waals surface area contributed by atoms with Crippen LogP contribution in [0.25, 0.3) is 0 Å². The fourth-order valence-electron chi connectivity index (χ4n) is 0.224. The van der Waals surface area contributed by atoms with E-state index >= 15 is 0 Å². The van der Waals surface area contributed by atoms with Gasteiger partial charge >= 0.3 is 47.4 Å². The summed E-state index contributed by atoms with van der Waals surface area (Å²) in [7, 11) is 0. The third kappa shape index (κ3) is 3.03. The molecule has 0 aromatic heterocycles. The van der Waals surface area contributed by atoms with E-state index in [2.05, 4.69) is 28.9 Å². The minimum absolute atomic E-state index is 0.299. The average Bonchev–Trinajstić information content (AvgIpc) is 1.65. The zero-order chi connectivity index (χ0) is 4.99. The Balaban J connectivity index is 2.99. The van der Waals surface area contributed by atoms with Crippen molar-refractivity contribution in [3.05, 3.63) is 0 Å². The zero-order valence-electron chi connectivity index (χ0n) is 4.27. The second-order valence-electron chi connectivity index (χ2n) is 1.11. The van der Waals surface area contributed by atoms with Gasteiger partial charge < -0.3 is 0 Å². The third-order valence-corrected chi connectivity index (χ3v) is 5.37. The molecule has 0 heterocycles. The molecule has 0 amide bonds. The summed E-state index contributed by atoms with van der Waals surface area (Å²) in [6.45, 7) is 4.46. The van der Waals surface area contributed by atoms with Crippen molar-refractivity contribution in [3.63, 3.8) is 0 Å². The normalized spacial score (nSPS) is 8.33. The van der Waals surface area contributed by atoms with Crippen molar-refractivity contribution in [2.45, 2.75) is 13.8 Å². The van der Waals surface area contributed by atoms with Gasteiger partial charge in [-0.15, -0.1) is 0 Å². The fraction of sp³-hybridized carbons (Fsp3) is 1.00. The van der Waals surface area contributed by atoms with Gasteiger partial charge in [0.25, 0.3) is 0 Å². The van der Waals surface area contributed by atoms with Gasteiger partial charge in [0.05, 0.1) is 0 Å². The summed E-state index contributed by atoms with van der Waals surface area (Å²) in [5, 5.41) is 0. The number of hydrogen-bond acceptors (Lipinski definition) is 0. The summed E-state index contributed by atoms with van der Waals surface area (Å²) in [4.78, 5) is 0. The SMILES string of the molecule is CC[P+](=[Se])CC. The Morgan fingerprint density at radius 3 is 1.67 bits per heavy atom. The van der Waals surface area contributed by atoms with E-state index < -0.39 is 0 Å². The van der Waals surface area contributed by atoms with Crippen molar-refractivity contribution >= 4 is 21.3 Å². The molecular formula is C4H10PSe+. The molecule has 6 heavy (non-hydrogen) atoms. The maximum atomic E-state index is 3.14. The molecule has 0 saturated carbocycles.